The molecule has 0 spiro atoms. The van der Waals surface area contributed by atoms with Gasteiger partial charge in [0.05, 0.1) is 21.3 Å². The summed E-state index contributed by atoms with van der Waals surface area (Å²) in [5.41, 5.74) is -1.24. The van der Waals surface area contributed by atoms with Crippen molar-refractivity contribution in [3.63, 3.8) is 0 Å². The Kier molecular flexibility index (Phi) is 5.57. The number of fused-ring (bicyclic) bond motifs is 1. The molecule has 3 rings (SSSR count). The van der Waals surface area contributed by atoms with Gasteiger partial charge in [-0.15, -0.1) is 11.3 Å². The van der Waals surface area contributed by atoms with Gasteiger partial charge in [-0.1, -0.05) is 11.6 Å². The highest BCUT2D eigenvalue weighted by atomic mass is 35.5. The van der Waals surface area contributed by atoms with E-state index in [-0.39, 0.29) is 41.7 Å². The van der Waals surface area contributed by atoms with Crippen LogP contribution in [0.25, 0.3) is 10.2 Å². The van der Waals surface area contributed by atoms with Crippen LogP contribution in [-0.2, 0) is 6.18 Å². The molecule has 0 saturated carbocycles. The molecule has 2 aromatic heterocycles. The van der Waals surface area contributed by atoms with Crippen LogP contribution in [-0.4, -0.2) is 53.2 Å². The Morgan fingerprint density at radius 3 is 2.57 bits per heavy atom. The molecule has 1 fully saturated rings. The minimum Gasteiger partial charge on any atom is -0.473 e. The van der Waals surface area contributed by atoms with Gasteiger partial charge in [-0.2, -0.15) is 13.2 Å². The number of rotatable bonds is 3. The number of pyridine rings is 1. The molecule has 2 N–H and O–H groups in total. The van der Waals surface area contributed by atoms with Crippen LogP contribution < -0.4 is 10.1 Å². The third-order valence-electron chi connectivity index (χ3n) is 4.36. The number of halogens is 4. The predicted molar refractivity (Wildman–Crippen MR) is 96.3 cm³/mol. The summed E-state index contributed by atoms with van der Waals surface area (Å²) in [5, 5.41) is 11.9. The van der Waals surface area contributed by atoms with E-state index >= 15 is 0 Å². The highest BCUT2D eigenvalue weighted by Crippen LogP contribution is 2.46. The Hall–Kier alpha value is -2.27. The van der Waals surface area contributed by atoms with Gasteiger partial charge in [-0.3, -0.25) is 4.79 Å². The van der Waals surface area contributed by atoms with E-state index in [4.69, 9.17) is 21.4 Å². The fraction of sp³-hybridized carbons (Fsp3) is 0.438. The Labute approximate surface area is 166 Å². The van der Waals surface area contributed by atoms with E-state index in [1.54, 1.807) is 0 Å². The molecule has 28 heavy (non-hydrogen) atoms. The number of amides is 2. The largest absolute Gasteiger partial charge is 0.473 e. The number of aromatic nitrogens is 1. The molecule has 3 heterocycles. The number of likely N-dealkylation sites (tertiary alicyclic amines) is 1. The van der Waals surface area contributed by atoms with Crippen LogP contribution in [0, 0.1) is 0 Å². The van der Waals surface area contributed by atoms with Crippen molar-refractivity contribution in [2.75, 3.05) is 20.1 Å². The number of alkyl halides is 3. The van der Waals surface area contributed by atoms with Gasteiger partial charge in [-0.05, 0) is 0 Å². The summed E-state index contributed by atoms with van der Waals surface area (Å²) in [5.74, 6) is -0.992. The third kappa shape index (κ3) is 3.81. The molecule has 0 aromatic carbocycles. The quantitative estimate of drug-likeness (QED) is 0.761. The monoisotopic (exact) mass is 437 g/mol. The fourth-order valence-electron chi connectivity index (χ4n) is 2.95. The summed E-state index contributed by atoms with van der Waals surface area (Å²) < 4.78 is 46.3. The highest BCUT2D eigenvalue weighted by Gasteiger charge is 2.39. The van der Waals surface area contributed by atoms with Gasteiger partial charge in [-0.25, -0.2) is 9.78 Å². The number of thiophene rings is 1. The first-order valence-electron chi connectivity index (χ1n) is 8.18. The second-order valence-electron chi connectivity index (χ2n) is 6.10. The predicted octanol–water partition coefficient (Wildman–Crippen LogP) is 3.85. The first kappa shape index (κ1) is 20.5. The molecular formula is C16H15ClF3N3O4S. The van der Waals surface area contributed by atoms with E-state index in [2.05, 4.69) is 10.3 Å². The zero-order valence-electron chi connectivity index (χ0n) is 14.5. The zero-order chi connectivity index (χ0) is 20.6. The van der Waals surface area contributed by atoms with Gasteiger partial charge in [0, 0.05) is 38.4 Å². The Morgan fingerprint density at radius 1 is 1.39 bits per heavy atom. The Balaban J connectivity index is 2.01. The van der Waals surface area contributed by atoms with Gasteiger partial charge in [0.15, 0.2) is 0 Å². The molecule has 2 amide bonds. The second-order valence-corrected chi connectivity index (χ2v) is 7.35. The minimum atomic E-state index is -4.77. The molecule has 1 aliphatic rings. The van der Waals surface area contributed by atoms with Gasteiger partial charge in [0.25, 0.3) is 5.91 Å². The second kappa shape index (κ2) is 7.63. The summed E-state index contributed by atoms with van der Waals surface area (Å²) in [6.07, 6.45) is -5.80. The van der Waals surface area contributed by atoms with E-state index in [1.165, 1.54) is 17.3 Å². The summed E-state index contributed by atoms with van der Waals surface area (Å²) in [7, 11) is 1.36. The van der Waals surface area contributed by atoms with E-state index < -0.39 is 40.7 Å². The maximum Gasteiger partial charge on any atom is 0.419 e. The van der Waals surface area contributed by atoms with Gasteiger partial charge < -0.3 is 20.1 Å². The van der Waals surface area contributed by atoms with Crippen LogP contribution in [0.15, 0.2) is 5.38 Å². The maximum absolute atomic E-state index is 13.6. The summed E-state index contributed by atoms with van der Waals surface area (Å²) in [6.45, 7) is 0.377. The highest BCUT2D eigenvalue weighted by molar-refractivity contribution is 7.17. The number of piperidine rings is 1. The molecule has 1 aliphatic heterocycles. The molecule has 1 saturated heterocycles. The number of hydrogen-bond donors (Lipinski definition) is 2. The van der Waals surface area contributed by atoms with Crippen LogP contribution in [0.5, 0.6) is 5.88 Å². The van der Waals surface area contributed by atoms with Crippen molar-refractivity contribution in [2.45, 2.75) is 25.1 Å². The number of nitrogens with one attached hydrogen (secondary N) is 1. The van der Waals surface area contributed by atoms with Gasteiger partial charge >= 0.3 is 12.3 Å². The van der Waals surface area contributed by atoms with Crippen molar-refractivity contribution < 1.29 is 32.6 Å². The maximum atomic E-state index is 13.6. The van der Waals surface area contributed by atoms with Crippen molar-refractivity contribution in [3.8, 4) is 5.88 Å². The van der Waals surface area contributed by atoms with E-state index in [0.717, 1.165) is 11.3 Å². The zero-order valence-corrected chi connectivity index (χ0v) is 16.0. The number of nitrogens with zero attached hydrogens (tertiary/aromatic N) is 2. The normalized spacial score (nSPS) is 15.7. The first-order valence-corrected chi connectivity index (χ1v) is 9.43. The van der Waals surface area contributed by atoms with Crippen LogP contribution in [0.1, 0.15) is 28.8 Å². The lowest BCUT2D eigenvalue weighted by molar-refractivity contribution is -0.136. The smallest absolute Gasteiger partial charge is 0.419 e. The number of carbonyl (C=O) groups excluding carboxylic acids is 1. The van der Waals surface area contributed by atoms with Gasteiger partial charge in [0.1, 0.15) is 11.1 Å². The topological polar surface area (TPSA) is 91.8 Å². The number of ether oxygens (including phenoxy) is 1. The third-order valence-corrected chi connectivity index (χ3v) is 5.70. The van der Waals surface area contributed by atoms with Crippen LogP contribution in [0.4, 0.5) is 18.0 Å². The summed E-state index contributed by atoms with van der Waals surface area (Å²) in [6, 6.07) is 0. The van der Waals surface area contributed by atoms with E-state index in [1.807, 2.05) is 0 Å². The summed E-state index contributed by atoms with van der Waals surface area (Å²) >= 11 is 6.72. The average Bonchev–Trinajstić information content (AvgIpc) is 3.03. The minimum absolute atomic E-state index is 0.00443. The van der Waals surface area contributed by atoms with Crippen molar-refractivity contribution in [3.05, 3.63) is 21.5 Å². The van der Waals surface area contributed by atoms with Crippen molar-refractivity contribution in [2.24, 2.45) is 0 Å². The van der Waals surface area contributed by atoms with Crippen LogP contribution in [0.3, 0.4) is 0 Å². The molecule has 0 atom stereocenters. The Morgan fingerprint density at radius 2 is 2.04 bits per heavy atom. The number of hydrogen-bond acceptors (Lipinski definition) is 5. The molecule has 152 valence electrons. The van der Waals surface area contributed by atoms with Crippen LogP contribution >= 0.6 is 22.9 Å². The molecule has 2 aromatic rings. The van der Waals surface area contributed by atoms with E-state index in [9.17, 15) is 22.8 Å². The Bertz CT molecular complexity index is 926. The molecule has 0 bridgehead atoms. The number of carbonyl (C=O) groups is 2. The molecule has 0 radical (unpaired) electrons. The molecule has 0 aliphatic carbocycles. The van der Waals surface area contributed by atoms with Gasteiger partial charge in [0.2, 0.25) is 5.88 Å². The molecule has 7 nitrogen and oxygen atoms in total. The molecule has 12 heteroatoms. The van der Waals surface area contributed by atoms with E-state index in [0.29, 0.717) is 0 Å². The molecule has 0 unspecified atom stereocenters. The van der Waals surface area contributed by atoms with Crippen molar-refractivity contribution in [1.82, 2.24) is 15.2 Å². The average molecular weight is 438 g/mol. The SMILES string of the molecule is CNC(=O)c1csc2c(C(F)(F)F)c(Cl)c(OC3CCN(C(=O)O)CC3)nc12. The van der Waals surface area contributed by atoms with Crippen molar-refractivity contribution in [1.29, 1.82) is 0 Å². The number of carboxylic acid groups (broad SMARTS) is 1. The molecular weight excluding hydrogens is 423 g/mol. The lowest BCUT2D eigenvalue weighted by Crippen LogP contribution is -2.41. The lowest BCUT2D eigenvalue weighted by atomic mass is 10.1. The standard InChI is InChI=1S/C16H15ClF3N3O4S/c1-21-13(24)8-6-28-12-9(16(18,19)20)10(17)14(22-11(8)12)27-7-2-4-23(5-3-7)15(25)26/h6-7H,2-5H2,1H3,(H,21,24)(H,25,26). The van der Waals surface area contributed by atoms with Crippen LogP contribution in [0.2, 0.25) is 5.02 Å². The summed E-state index contributed by atoms with van der Waals surface area (Å²) in [4.78, 5) is 28.2. The first-order chi connectivity index (χ1) is 13.1. The van der Waals surface area contributed by atoms with Crippen molar-refractivity contribution >= 4 is 45.2 Å². The lowest BCUT2D eigenvalue weighted by Gasteiger charge is -2.30. The fourth-order valence-corrected chi connectivity index (χ4v) is 4.35.